The van der Waals surface area contributed by atoms with Crippen molar-refractivity contribution in [1.29, 1.82) is 5.26 Å². The molecule has 1 aromatic heterocycles. The molecule has 0 amide bonds. The first kappa shape index (κ1) is 14.8. The molecule has 2 rings (SSSR count). The van der Waals surface area contributed by atoms with Crippen molar-refractivity contribution < 1.29 is 9.47 Å². The molecule has 0 unspecified atom stereocenters. The van der Waals surface area contributed by atoms with E-state index in [2.05, 4.69) is 10.3 Å². The minimum Gasteiger partial charge on any atom is -0.495 e. The van der Waals surface area contributed by atoms with Crippen LogP contribution in [0.3, 0.4) is 0 Å². The number of nitrogens with zero attached hydrogens (tertiary/aromatic N) is 2. The van der Waals surface area contributed by atoms with Crippen LogP contribution in [0.15, 0.2) is 24.3 Å². The summed E-state index contributed by atoms with van der Waals surface area (Å²) in [5.41, 5.74) is 6.73. The second-order valence-corrected chi connectivity index (χ2v) is 4.47. The zero-order valence-electron chi connectivity index (χ0n) is 11.5. The number of nitrogens with one attached hydrogen (secondary N) is 1. The third-order valence-electron chi connectivity index (χ3n) is 2.77. The number of aromatic nitrogens is 1. The Morgan fingerprint density at radius 1 is 1.24 bits per heavy atom. The van der Waals surface area contributed by atoms with Gasteiger partial charge in [-0.05, 0) is 12.1 Å². The number of hydrogen-bond acceptors (Lipinski definition) is 6. The van der Waals surface area contributed by atoms with E-state index in [9.17, 15) is 0 Å². The van der Waals surface area contributed by atoms with Crippen LogP contribution in [-0.4, -0.2) is 19.2 Å². The number of nitriles is 1. The second kappa shape index (κ2) is 6.20. The van der Waals surface area contributed by atoms with Gasteiger partial charge in [-0.2, -0.15) is 5.26 Å². The molecule has 0 aliphatic carbocycles. The van der Waals surface area contributed by atoms with E-state index in [0.717, 1.165) is 0 Å². The van der Waals surface area contributed by atoms with Crippen molar-refractivity contribution in [3.8, 4) is 17.6 Å². The first-order valence-electron chi connectivity index (χ1n) is 5.94. The molecule has 6 nitrogen and oxygen atoms in total. The summed E-state index contributed by atoms with van der Waals surface area (Å²) in [6.45, 7) is 0. The summed E-state index contributed by atoms with van der Waals surface area (Å²) in [4.78, 5) is 4.11. The van der Waals surface area contributed by atoms with Gasteiger partial charge in [-0.25, -0.2) is 4.98 Å². The van der Waals surface area contributed by atoms with Crippen LogP contribution in [0.5, 0.6) is 11.5 Å². The maximum atomic E-state index is 8.95. The van der Waals surface area contributed by atoms with E-state index >= 15 is 0 Å². The van der Waals surface area contributed by atoms with Gasteiger partial charge in [-0.15, -0.1) is 0 Å². The van der Waals surface area contributed by atoms with Crippen LogP contribution in [0.2, 0.25) is 5.02 Å². The summed E-state index contributed by atoms with van der Waals surface area (Å²) in [7, 11) is 3.05. The van der Waals surface area contributed by atoms with Gasteiger partial charge in [0, 0.05) is 12.1 Å². The highest BCUT2D eigenvalue weighted by Gasteiger charge is 2.11. The third-order valence-corrected chi connectivity index (χ3v) is 3.06. The second-order valence-electron chi connectivity index (χ2n) is 4.06. The number of pyridine rings is 1. The summed E-state index contributed by atoms with van der Waals surface area (Å²) in [5, 5.41) is 12.4. The molecule has 0 aliphatic heterocycles. The van der Waals surface area contributed by atoms with Gasteiger partial charge in [0.05, 0.1) is 30.6 Å². The Bertz CT molecular complexity index is 713. The van der Waals surface area contributed by atoms with Gasteiger partial charge in [0.2, 0.25) is 0 Å². The summed E-state index contributed by atoms with van der Waals surface area (Å²) in [6, 6.07) is 8.51. The van der Waals surface area contributed by atoms with Gasteiger partial charge < -0.3 is 20.5 Å². The minimum atomic E-state index is 0.153. The van der Waals surface area contributed by atoms with Crippen molar-refractivity contribution in [3.63, 3.8) is 0 Å². The Labute approximate surface area is 127 Å². The fourth-order valence-corrected chi connectivity index (χ4v) is 1.96. The van der Waals surface area contributed by atoms with Gasteiger partial charge in [-0.1, -0.05) is 11.6 Å². The molecule has 108 valence electrons. The number of methoxy groups -OCH3 is 2. The predicted molar refractivity (Wildman–Crippen MR) is 81.2 cm³/mol. The summed E-state index contributed by atoms with van der Waals surface area (Å²) < 4.78 is 10.4. The number of halogens is 1. The van der Waals surface area contributed by atoms with E-state index in [1.165, 1.54) is 14.2 Å². The van der Waals surface area contributed by atoms with Crippen molar-refractivity contribution >= 4 is 28.8 Å². The molecule has 3 N–H and O–H groups in total. The van der Waals surface area contributed by atoms with Crippen molar-refractivity contribution in [3.05, 3.63) is 35.0 Å². The van der Waals surface area contributed by atoms with Gasteiger partial charge >= 0.3 is 0 Å². The van der Waals surface area contributed by atoms with Crippen molar-refractivity contribution in [2.24, 2.45) is 0 Å². The number of ether oxygens (including phenoxy) is 2. The quantitative estimate of drug-likeness (QED) is 0.902. The molecule has 0 aliphatic rings. The number of anilines is 3. The van der Waals surface area contributed by atoms with E-state index in [1.807, 2.05) is 6.07 Å². The Kier molecular flexibility index (Phi) is 4.36. The minimum absolute atomic E-state index is 0.153. The molecule has 0 spiro atoms. The van der Waals surface area contributed by atoms with Crippen LogP contribution in [0, 0.1) is 11.3 Å². The highest BCUT2D eigenvalue weighted by Crippen LogP contribution is 2.37. The average Bonchev–Trinajstić information content (AvgIpc) is 2.50. The standard InChI is InChI=1S/C14H13ClN4O2/c1-20-12-6-10(13(21-2)5-8(12)15)18-14-4-3-9(17)11(7-16)19-14/h3-6H,17H2,1-2H3,(H,18,19). The van der Waals surface area contributed by atoms with Crippen molar-refractivity contribution in [2.75, 3.05) is 25.3 Å². The number of benzene rings is 1. The summed E-state index contributed by atoms with van der Waals surface area (Å²) in [5.74, 6) is 1.48. The van der Waals surface area contributed by atoms with Gasteiger partial charge in [0.1, 0.15) is 23.4 Å². The largest absolute Gasteiger partial charge is 0.495 e. The number of nitrogen functional groups attached to an aromatic ring is 1. The van der Waals surface area contributed by atoms with Gasteiger partial charge in [-0.3, -0.25) is 0 Å². The molecule has 7 heteroatoms. The molecule has 2 aromatic rings. The average molecular weight is 305 g/mol. The fraction of sp³-hybridized carbons (Fsp3) is 0.143. The highest BCUT2D eigenvalue weighted by atomic mass is 35.5. The molecule has 1 aromatic carbocycles. The smallest absolute Gasteiger partial charge is 0.165 e. The van der Waals surface area contributed by atoms with Crippen LogP contribution in [0.25, 0.3) is 0 Å². The zero-order chi connectivity index (χ0) is 15.4. The summed E-state index contributed by atoms with van der Waals surface area (Å²) >= 11 is 6.04. The molecule has 0 bridgehead atoms. The molecule has 0 atom stereocenters. The van der Waals surface area contributed by atoms with Crippen LogP contribution in [-0.2, 0) is 0 Å². The Balaban J connectivity index is 2.41. The monoisotopic (exact) mass is 304 g/mol. The Hall–Kier alpha value is -2.65. The van der Waals surface area contributed by atoms with Crippen LogP contribution < -0.4 is 20.5 Å². The van der Waals surface area contributed by atoms with E-state index in [4.69, 9.17) is 32.1 Å². The highest BCUT2D eigenvalue weighted by molar-refractivity contribution is 6.32. The lowest BCUT2D eigenvalue weighted by Gasteiger charge is -2.13. The molecular weight excluding hydrogens is 292 g/mol. The molecule has 21 heavy (non-hydrogen) atoms. The van der Waals surface area contributed by atoms with Crippen LogP contribution >= 0.6 is 11.6 Å². The maximum Gasteiger partial charge on any atom is 0.165 e. The van der Waals surface area contributed by atoms with E-state index < -0.39 is 0 Å². The van der Waals surface area contributed by atoms with Gasteiger partial charge in [0.15, 0.2) is 5.69 Å². The first-order chi connectivity index (χ1) is 10.1. The SMILES string of the molecule is COc1cc(Nc2ccc(N)c(C#N)n2)c(OC)cc1Cl. The van der Waals surface area contributed by atoms with Crippen molar-refractivity contribution in [2.45, 2.75) is 0 Å². The number of nitrogens with two attached hydrogens (primary N) is 1. The fourth-order valence-electron chi connectivity index (χ4n) is 1.73. The summed E-state index contributed by atoms with van der Waals surface area (Å²) in [6.07, 6.45) is 0. The van der Waals surface area contributed by atoms with Crippen LogP contribution in [0.1, 0.15) is 5.69 Å². The van der Waals surface area contributed by atoms with E-state index in [0.29, 0.717) is 33.7 Å². The van der Waals surface area contributed by atoms with E-state index in [1.54, 1.807) is 24.3 Å². The van der Waals surface area contributed by atoms with Gasteiger partial charge in [0.25, 0.3) is 0 Å². The topological polar surface area (TPSA) is 93.2 Å². The Morgan fingerprint density at radius 3 is 2.57 bits per heavy atom. The van der Waals surface area contributed by atoms with E-state index in [-0.39, 0.29) is 5.69 Å². The lowest BCUT2D eigenvalue weighted by atomic mass is 10.2. The number of hydrogen-bond donors (Lipinski definition) is 2. The normalized spacial score (nSPS) is 9.81. The zero-order valence-corrected chi connectivity index (χ0v) is 12.2. The maximum absolute atomic E-state index is 8.95. The predicted octanol–water partition coefficient (Wildman–Crippen LogP) is 2.95. The number of rotatable bonds is 4. The molecular formula is C14H13ClN4O2. The molecule has 0 saturated carbocycles. The first-order valence-corrected chi connectivity index (χ1v) is 6.32. The lowest BCUT2D eigenvalue weighted by molar-refractivity contribution is 0.405. The molecule has 0 radical (unpaired) electrons. The molecule has 1 heterocycles. The van der Waals surface area contributed by atoms with Crippen molar-refractivity contribution in [1.82, 2.24) is 4.98 Å². The van der Waals surface area contributed by atoms with Crippen LogP contribution in [0.4, 0.5) is 17.2 Å². The molecule has 0 fully saturated rings. The Morgan fingerprint density at radius 2 is 1.95 bits per heavy atom. The lowest BCUT2D eigenvalue weighted by Crippen LogP contribution is -2.01. The third kappa shape index (κ3) is 3.09. The molecule has 0 saturated heterocycles.